The summed E-state index contributed by atoms with van der Waals surface area (Å²) < 4.78 is 10.5. The van der Waals surface area contributed by atoms with Gasteiger partial charge in [0.15, 0.2) is 0 Å². The van der Waals surface area contributed by atoms with Gasteiger partial charge in [-0.1, -0.05) is 52.7 Å². The zero-order valence-corrected chi connectivity index (χ0v) is 32.1. The third-order valence-electron chi connectivity index (χ3n) is 14.2. The van der Waals surface area contributed by atoms with Crippen LogP contribution in [0.1, 0.15) is 127 Å². The molecule has 0 aromatic rings. The lowest BCUT2D eigenvalue weighted by molar-refractivity contribution is -0.198. The van der Waals surface area contributed by atoms with E-state index in [9.17, 15) is 39.9 Å². The molecule has 0 saturated heterocycles. The van der Waals surface area contributed by atoms with Gasteiger partial charge in [-0.05, 0) is 101 Å². The summed E-state index contributed by atoms with van der Waals surface area (Å²) in [5, 5.41) is 57.9. The summed E-state index contributed by atoms with van der Waals surface area (Å²) in [6.07, 6.45) is 1.72. The van der Waals surface area contributed by atoms with Gasteiger partial charge in [-0.3, -0.25) is 14.4 Å². The van der Waals surface area contributed by atoms with Gasteiger partial charge >= 0.3 is 11.9 Å². The van der Waals surface area contributed by atoms with Crippen LogP contribution in [0.5, 0.6) is 0 Å². The Morgan fingerprint density at radius 3 is 2.20 bits per heavy atom. The zero-order chi connectivity index (χ0) is 37.8. The molecule has 2 fully saturated rings. The summed E-state index contributed by atoms with van der Waals surface area (Å²) in [5.74, 6) is -1.40. The molecule has 2 saturated carbocycles. The van der Waals surface area contributed by atoms with E-state index in [4.69, 9.17) is 4.74 Å². The highest BCUT2D eigenvalue weighted by molar-refractivity contribution is 5.83. The van der Waals surface area contributed by atoms with Crippen LogP contribution < -0.4 is 5.32 Å². The molecule has 4 aliphatic carbocycles. The minimum Gasteiger partial charge on any atom is -0.468 e. The third kappa shape index (κ3) is 7.28. The van der Waals surface area contributed by atoms with Gasteiger partial charge < -0.3 is 40.3 Å². The van der Waals surface area contributed by atoms with Crippen molar-refractivity contribution in [1.82, 2.24) is 5.32 Å². The van der Waals surface area contributed by atoms with E-state index in [1.54, 1.807) is 13.8 Å². The summed E-state index contributed by atoms with van der Waals surface area (Å²) in [6.45, 7) is 17.3. The quantitative estimate of drug-likeness (QED) is 0.128. The summed E-state index contributed by atoms with van der Waals surface area (Å²) in [6, 6.07) is 0. The van der Waals surface area contributed by atoms with Crippen molar-refractivity contribution in [2.45, 2.75) is 162 Å². The molecule has 0 spiro atoms. The van der Waals surface area contributed by atoms with Crippen LogP contribution in [0.15, 0.2) is 11.1 Å². The molecule has 0 aliphatic heterocycles. The molecule has 11 atom stereocenters. The van der Waals surface area contributed by atoms with Gasteiger partial charge in [0.05, 0.1) is 49.5 Å². The second-order valence-electron chi connectivity index (χ2n) is 18.4. The molecule has 0 radical (unpaired) electrons. The normalized spacial score (nSPS) is 37.4. The number of methoxy groups -OCH3 is 1. The molecule has 0 bridgehead atoms. The fraction of sp³-hybridized carbons (Fsp3) is 0.872. The predicted molar refractivity (Wildman–Crippen MR) is 187 cm³/mol. The zero-order valence-electron chi connectivity index (χ0n) is 32.1. The van der Waals surface area contributed by atoms with Crippen LogP contribution in [0.4, 0.5) is 0 Å². The van der Waals surface area contributed by atoms with Crippen molar-refractivity contribution in [1.29, 1.82) is 0 Å². The van der Waals surface area contributed by atoms with E-state index in [0.29, 0.717) is 19.3 Å². The van der Waals surface area contributed by atoms with Crippen LogP contribution in [-0.2, 0) is 23.9 Å². The van der Waals surface area contributed by atoms with Gasteiger partial charge in [-0.25, -0.2) is 0 Å². The molecule has 6 N–H and O–H groups in total. The van der Waals surface area contributed by atoms with E-state index in [-0.39, 0.29) is 35.1 Å². The number of carbonyl (C=O) groups is 3. The average Bonchev–Trinajstić information content (AvgIpc) is 3.28. The number of hydrogen-bond acceptors (Lipinski definition) is 10. The molecule has 4 aliphatic rings. The van der Waals surface area contributed by atoms with E-state index in [0.717, 1.165) is 32.1 Å². The summed E-state index contributed by atoms with van der Waals surface area (Å²) in [5.41, 5.74) is -1.88. The van der Waals surface area contributed by atoms with E-state index in [1.165, 1.54) is 25.2 Å². The van der Waals surface area contributed by atoms with Crippen molar-refractivity contribution >= 4 is 17.8 Å². The minimum absolute atomic E-state index is 0.0548. The maximum atomic E-state index is 13.2. The molecule has 1 amide bonds. The lowest BCUT2D eigenvalue weighted by Gasteiger charge is -2.64. The van der Waals surface area contributed by atoms with Crippen molar-refractivity contribution < 1.29 is 49.4 Å². The van der Waals surface area contributed by atoms with E-state index in [1.807, 2.05) is 13.8 Å². The lowest BCUT2D eigenvalue weighted by Crippen LogP contribution is -2.62. The second kappa shape index (κ2) is 14.1. The molecule has 50 heavy (non-hydrogen) atoms. The Bertz CT molecular complexity index is 1330. The van der Waals surface area contributed by atoms with Crippen LogP contribution in [0, 0.1) is 39.4 Å². The number of fused-ring (bicyclic) bond motifs is 4. The number of ether oxygens (including phenoxy) is 2. The number of amides is 1. The van der Waals surface area contributed by atoms with E-state index < -0.39 is 77.1 Å². The Morgan fingerprint density at radius 1 is 0.960 bits per heavy atom. The molecule has 0 aromatic heterocycles. The Kier molecular flexibility index (Phi) is 11.5. The SMILES string of the molecule is COC(=O)CNC(=O)C[C@@](C)(O)CC(=O)O[C@H]1[C@H](O)C[C@]2(C)C3=C(CC[C@H]2C1(C)C)[C@]1(C)CC[C@H]([C@H](C)CC[C@@H](O)C(C)(C)O)[C@@]1(C)[C@@H](O)C3. The van der Waals surface area contributed by atoms with Crippen LogP contribution in [-0.4, -0.2) is 92.7 Å². The largest absolute Gasteiger partial charge is 0.468 e. The number of nitrogens with one attached hydrogen (secondary N) is 1. The van der Waals surface area contributed by atoms with Crippen LogP contribution in [0.2, 0.25) is 0 Å². The van der Waals surface area contributed by atoms with Crippen LogP contribution >= 0.6 is 0 Å². The maximum Gasteiger partial charge on any atom is 0.325 e. The van der Waals surface area contributed by atoms with E-state index in [2.05, 4.69) is 37.7 Å². The first kappa shape index (κ1) is 40.7. The summed E-state index contributed by atoms with van der Waals surface area (Å²) in [7, 11) is 1.20. The lowest BCUT2D eigenvalue weighted by atomic mass is 9.42. The van der Waals surface area contributed by atoms with Crippen LogP contribution in [0.3, 0.4) is 0 Å². The molecule has 0 unspecified atom stereocenters. The third-order valence-corrected chi connectivity index (χ3v) is 14.2. The standard InChI is InChI=1S/C39H65NO10/c1-22(11-14-28(42)35(4,5)47)23-15-16-38(8)24-12-13-27-34(2,3)33(26(41)18-37(27,7)25(24)17-29(43)39(23,38)9)50-31(45)20-36(6,48)19-30(44)40-21-32(46)49-10/h22-23,26-29,33,41-43,47-48H,11-21H2,1-10H3,(H,40,44)/t22-,23-,26-,27+,28-,29+,33+,36-,37-,38+,39+/m1/s1. The molecule has 0 heterocycles. The topological polar surface area (TPSA) is 183 Å². The number of carbonyl (C=O) groups excluding carboxylic acids is 3. The molecular formula is C39H65NO10. The first-order valence-corrected chi connectivity index (χ1v) is 18.6. The predicted octanol–water partition coefficient (Wildman–Crippen LogP) is 3.96. The highest BCUT2D eigenvalue weighted by Crippen LogP contribution is 2.72. The second-order valence-corrected chi connectivity index (χ2v) is 18.4. The highest BCUT2D eigenvalue weighted by atomic mass is 16.6. The number of esters is 2. The van der Waals surface area contributed by atoms with Gasteiger partial charge in [0.25, 0.3) is 0 Å². The average molecular weight is 708 g/mol. The Balaban J connectivity index is 1.52. The first-order valence-electron chi connectivity index (χ1n) is 18.6. The smallest absolute Gasteiger partial charge is 0.325 e. The van der Waals surface area contributed by atoms with Crippen molar-refractivity contribution in [3.8, 4) is 0 Å². The number of aliphatic hydroxyl groups is 5. The minimum atomic E-state index is -1.73. The van der Waals surface area contributed by atoms with Gasteiger partial charge in [0, 0.05) is 10.8 Å². The van der Waals surface area contributed by atoms with E-state index >= 15 is 0 Å². The first-order chi connectivity index (χ1) is 22.8. The molecular weight excluding hydrogens is 642 g/mol. The number of allylic oxidation sites excluding steroid dienone is 1. The molecule has 11 heteroatoms. The molecule has 11 nitrogen and oxygen atoms in total. The van der Waals surface area contributed by atoms with Crippen molar-refractivity contribution in [2.24, 2.45) is 39.4 Å². The Hall–Kier alpha value is -2.05. The monoisotopic (exact) mass is 707 g/mol. The summed E-state index contributed by atoms with van der Waals surface area (Å²) >= 11 is 0. The number of aliphatic hydroxyl groups excluding tert-OH is 3. The summed E-state index contributed by atoms with van der Waals surface area (Å²) in [4.78, 5) is 36.8. The maximum absolute atomic E-state index is 13.2. The van der Waals surface area contributed by atoms with Gasteiger partial charge in [-0.2, -0.15) is 0 Å². The Labute approximate surface area is 298 Å². The fourth-order valence-corrected chi connectivity index (χ4v) is 11.2. The highest BCUT2D eigenvalue weighted by Gasteiger charge is 2.67. The fourth-order valence-electron chi connectivity index (χ4n) is 11.2. The van der Waals surface area contributed by atoms with Gasteiger partial charge in [0.2, 0.25) is 5.91 Å². The number of rotatable bonds is 12. The van der Waals surface area contributed by atoms with Crippen LogP contribution in [0.25, 0.3) is 0 Å². The van der Waals surface area contributed by atoms with Gasteiger partial charge in [-0.15, -0.1) is 0 Å². The van der Waals surface area contributed by atoms with Crippen molar-refractivity contribution in [3.63, 3.8) is 0 Å². The number of hydrogen-bond donors (Lipinski definition) is 6. The Morgan fingerprint density at radius 2 is 1.60 bits per heavy atom. The molecule has 4 rings (SSSR count). The van der Waals surface area contributed by atoms with Gasteiger partial charge in [0.1, 0.15) is 12.6 Å². The molecule has 0 aromatic carbocycles. The van der Waals surface area contributed by atoms with Crippen molar-refractivity contribution in [2.75, 3.05) is 13.7 Å². The van der Waals surface area contributed by atoms with Crippen molar-refractivity contribution in [3.05, 3.63) is 11.1 Å². The molecule has 286 valence electrons.